The Labute approximate surface area is 112 Å². The van der Waals surface area contributed by atoms with Crippen LogP contribution < -0.4 is 10.1 Å². The number of methoxy groups -OCH3 is 1. The molecule has 1 atom stereocenters. The van der Waals surface area contributed by atoms with Gasteiger partial charge in [0, 0.05) is 5.56 Å². The molecule has 1 aromatic rings. The van der Waals surface area contributed by atoms with Crippen molar-refractivity contribution in [3.63, 3.8) is 0 Å². The normalized spacial score (nSPS) is 12.6. The Hall–Kier alpha value is -2.04. The molecule has 5 heteroatoms. The Kier molecular flexibility index (Phi) is 4.53. The Balaban J connectivity index is 3.02. The molecule has 0 bridgehead atoms. The minimum absolute atomic E-state index is 0.355. The molecule has 0 fully saturated rings. The number of carboxylic acids is 1. The average molecular weight is 265 g/mol. The van der Waals surface area contributed by atoms with Gasteiger partial charge in [-0.1, -0.05) is 18.2 Å². The predicted octanol–water partition coefficient (Wildman–Crippen LogP) is 1.56. The zero-order chi connectivity index (χ0) is 14.6. The first-order chi connectivity index (χ1) is 8.80. The van der Waals surface area contributed by atoms with Crippen LogP contribution in [-0.2, 0) is 15.0 Å². The SMILES string of the molecule is COc1ccccc1C(C)(C)C(=O)NC(C)C(=O)O. The van der Waals surface area contributed by atoms with Gasteiger partial charge in [-0.3, -0.25) is 9.59 Å². The summed E-state index contributed by atoms with van der Waals surface area (Å²) in [4.78, 5) is 23.0. The lowest BCUT2D eigenvalue weighted by Gasteiger charge is -2.27. The zero-order valence-corrected chi connectivity index (χ0v) is 11.6. The summed E-state index contributed by atoms with van der Waals surface area (Å²) in [7, 11) is 1.53. The fourth-order valence-electron chi connectivity index (χ4n) is 1.72. The standard InChI is InChI=1S/C14H19NO4/c1-9(12(16)17)15-13(18)14(2,3)10-7-5-6-8-11(10)19-4/h5-9H,1-4H3,(H,15,18)(H,16,17). The fourth-order valence-corrected chi connectivity index (χ4v) is 1.72. The molecule has 0 saturated carbocycles. The van der Waals surface area contributed by atoms with Crippen molar-refractivity contribution in [2.45, 2.75) is 32.2 Å². The number of carboxylic acid groups (broad SMARTS) is 1. The van der Waals surface area contributed by atoms with Gasteiger partial charge in [-0.05, 0) is 26.8 Å². The molecule has 1 unspecified atom stereocenters. The van der Waals surface area contributed by atoms with Crippen molar-refractivity contribution >= 4 is 11.9 Å². The van der Waals surface area contributed by atoms with E-state index in [4.69, 9.17) is 9.84 Å². The van der Waals surface area contributed by atoms with Crippen LogP contribution in [0, 0.1) is 0 Å². The molecule has 0 spiro atoms. The van der Waals surface area contributed by atoms with Crippen molar-refractivity contribution in [2.75, 3.05) is 7.11 Å². The lowest BCUT2D eigenvalue weighted by Crippen LogP contribution is -2.47. The lowest BCUT2D eigenvalue weighted by atomic mass is 9.83. The first kappa shape index (κ1) is 15.0. The van der Waals surface area contributed by atoms with Crippen LogP contribution >= 0.6 is 0 Å². The number of benzene rings is 1. The summed E-state index contributed by atoms with van der Waals surface area (Å²) >= 11 is 0. The molecule has 104 valence electrons. The molecule has 1 aromatic carbocycles. The number of hydrogen-bond donors (Lipinski definition) is 2. The van der Waals surface area contributed by atoms with E-state index in [0.29, 0.717) is 11.3 Å². The van der Waals surface area contributed by atoms with E-state index in [1.54, 1.807) is 26.0 Å². The first-order valence-electron chi connectivity index (χ1n) is 5.98. The summed E-state index contributed by atoms with van der Waals surface area (Å²) in [5.41, 5.74) is -0.163. The highest BCUT2D eigenvalue weighted by atomic mass is 16.5. The second kappa shape index (κ2) is 5.73. The molecule has 5 nitrogen and oxygen atoms in total. The lowest BCUT2D eigenvalue weighted by molar-refractivity contribution is -0.142. The number of hydrogen-bond acceptors (Lipinski definition) is 3. The monoisotopic (exact) mass is 265 g/mol. The Morgan fingerprint density at radius 3 is 2.42 bits per heavy atom. The van der Waals surface area contributed by atoms with Crippen molar-refractivity contribution in [3.8, 4) is 5.75 Å². The zero-order valence-electron chi connectivity index (χ0n) is 11.6. The van der Waals surface area contributed by atoms with Crippen LogP contribution in [0.4, 0.5) is 0 Å². The Bertz CT molecular complexity index is 482. The summed E-state index contributed by atoms with van der Waals surface area (Å²) in [6.07, 6.45) is 0. The number of nitrogens with one attached hydrogen (secondary N) is 1. The van der Waals surface area contributed by atoms with Gasteiger partial charge >= 0.3 is 5.97 Å². The number of rotatable bonds is 5. The highest BCUT2D eigenvalue weighted by molar-refractivity contribution is 5.91. The Morgan fingerprint density at radius 1 is 1.32 bits per heavy atom. The van der Waals surface area contributed by atoms with E-state index in [0.717, 1.165) is 0 Å². The van der Waals surface area contributed by atoms with Crippen molar-refractivity contribution in [1.29, 1.82) is 0 Å². The largest absolute Gasteiger partial charge is 0.496 e. The van der Waals surface area contributed by atoms with Crippen molar-refractivity contribution in [1.82, 2.24) is 5.32 Å². The topological polar surface area (TPSA) is 75.6 Å². The predicted molar refractivity (Wildman–Crippen MR) is 71.3 cm³/mol. The van der Waals surface area contributed by atoms with Gasteiger partial charge < -0.3 is 15.2 Å². The van der Waals surface area contributed by atoms with Gasteiger partial charge in [-0.25, -0.2) is 0 Å². The van der Waals surface area contributed by atoms with Gasteiger partial charge in [0.05, 0.1) is 12.5 Å². The molecule has 0 aliphatic heterocycles. The van der Waals surface area contributed by atoms with Crippen LogP contribution in [0.3, 0.4) is 0 Å². The van der Waals surface area contributed by atoms with Crippen LogP contribution in [0.1, 0.15) is 26.3 Å². The third kappa shape index (κ3) is 3.24. The minimum atomic E-state index is -1.07. The number of aliphatic carboxylic acids is 1. The number of amides is 1. The maximum atomic E-state index is 12.2. The quantitative estimate of drug-likeness (QED) is 0.847. The van der Waals surface area contributed by atoms with E-state index >= 15 is 0 Å². The number of carbonyl (C=O) groups excluding carboxylic acids is 1. The molecule has 0 radical (unpaired) electrons. The molecule has 1 amide bonds. The van der Waals surface area contributed by atoms with Gasteiger partial charge in [-0.15, -0.1) is 0 Å². The number of ether oxygens (including phenoxy) is 1. The average Bonchev–Trinajstić information content (AvgIpc) is 2.38. The van der Waals surface area contributed by atoms with Crippen molar-refractivity contribution in [2.24, 2.45) is 0 Å². The molecular weight excluding hydrogens is 246 g/mol. The Morgan fingerprint density at radius 2 is 1.89 bits per heavy atom. The van der Waals surface area contributed by atoms with Gasteiger partial charge in [-0.2, -0.15) is 0 Å². The van der Waals surface area contributed by atoms with Crippen molar-refractivity contribution in [3.05, 3.63) is 29.8 Å². The maximum Gasteiger partial charge on any atom is 0.325 e. The van der Waals surface area contributed by atoms with Crippen LogP contribution in [0.2, 0.25) is 0 Å². The molecule has 2 N–H and O–H groups in total. The second-order valence-electron chi connectivity index (χ2n) is 4.86. The summed E-state index contributed by atoms with van der Waals surface area (Å²) in [6, 6.07) is 6.26. The second-order valence-corrected chi connectivity index (χ2v) is 4.86. The third-order valence-corrected chi connectivity index (χ3v) is 3.07. The summed E-state index contributed by atoms with van der Waals surface area (Å²) in [5, 5.41) is 11.3. The van der Waals surface area contributed by atoms with Gasteiger partial charge in [0.15, 0.2) is 0 Å². The molecule has 0 heterocycles. The highest BCUT2D eigenvalue weighted by Gasteiger charge is 2.33. The van der Waals surface area contributed by atoms with Crippen LogP contribution in [0.25, 0.3) is 0 Å². The van der Waals surface area contributed by atoms with Gasteiger partial charge in [0.25, 0.3) is 0 Å². The molecule has 0 aromatic heterocycles. The van der Waals surface area contributed by atoms with E-state index in [1.807, 2.05) is 12.1 Å². The summed E-state index contributed by atoms with van der Waals surface area (Å²) < 4.78 is 5.24. The highest BCUT2D eigenvalue weighted by Crippen LogP contribution is 2.31. The first-order valence-corrected chi connectivity index (χ1v) is 5.98. The molecular formula is C14H19NO4. The van der Waals surface area contributed by atoms with E-state index < -0.39 is 17.4 Å². The van der Waals surface area contributed by atoms with Gasteiger partial charge in [0.1, 0.15) is 11.8 Å². The smallest absolute Gasteiger partial charge is 0.325 e. The van der Waals surface area contributed by atoms with E-state index in [1.165, 1.54) is 14.0 Å². The molecule has 0 aliphatic carbocycles. The number of para-hydroxylation sites is 1. The van der Waals surface area contributed by atoms with Crippen LogP contribution in [0.15, 0.2) is 24.3 Å². The van der Waals surface area contributed by atoms with Crippen LogP contribution in [-0.4, -0.2) is 30.1 Å². The summed E-state index contributed by atoms with van der Waals surface area (Å²) in [5.74, 6) is -0.818. The van der Waals surface area contributed by atoms with Gasteiger partial charge in [0.2, 0.25) is 5.91 Å². The third-order valence-electron chi connectivity index (χ3n) is 3.07. The maximum absolute atomic E-state index is 12.2. The van der Waals surface area contributed by atoms with E-state index in [2.05, 4.69) is 5.32 Å². The van der Waals surface area contributed by atoms with Crippen molar-refractivity contribution < 1.29 is 19.4 Å². The minimum Gasteiger partial charge on any atom is -0.496 e. The van der Waals surface area contributed by atoms with E-state index in [-0.39, 0.29) is 5.91 Å². The van der Waals surface area contributed by atoms with E-state index in [9.17, 15) is 9.59 Å². The number of carbonyl (C=O) groups is 2. The fraction of sp³-hybridized carbons (Fsp3) is 0.429. The molecule has 0 saturated heterocycles. The molecule has 1 rings (SSSR count). The summed E-state index contributed by atoms with van der Waals surface area (Å²) in [6.45, 7) is 4.89. The van der Waals surface area contributed by atoms with Crippen LogP contribution in [0.5, 0.6) is 5.75 Å². The molecule has 0 aliphatic rings. The molecule has 19 heavy (non-hydrogen) atoms.